The summed E-state index contributed by atoms with van der Waals surface area (Å²) >= 11 is 0. The Morgan fingerprint density at radius 2 is 2.53 bits per heavy atom. The number of hydrogen-bond donors (Lipinski definition) is 2. The lowest BCUT2D eigenvalue weighted by atomic mass is 10.5. The normalized spacial score (nSPS) is 10.2. The third kappa shape index (κ3) is 2.77. The monoisotopic (exact) mass is 238 g/mol. The summed E-state index contributed by atoms with van der Waals surface area (Å²) < 4.78 is 9.78. The van der Waals surface area contributed by atoms with Crippen LogP contribution < -0.4 is 5.32 Å². The fourth-order valence-electron chi connectivity index (χ4n) is 1.07. The number of anilines is 1. The number of carbonyl (C=O) groups excluding carboxylic acids is 1. The van der Waals surface area contributed by atoms with Crippen molar-refractivity contribution in [2.24, 2.45) is 0 Å². The lowest BCUT2D eigenvalue weighted by Crippen LogP contribution is -2.06. The van der Waals surface area contributed by atoms with E-state index in [1.54, 1.807) is 6.92 Å². The molecule has 2 heterocycles. The van der Waals surface area contributed by atoms with E-state index in [0.29, 0.717) is 12.4 Å². The van der Waals surface area contributed by atoms with E-state index in [4.69, 9.17) is 9.15 Å². The molecule has 9 heteroatoms. The molecule has 0 amide bonds. The second-order valence-electron chi connectivity index (χ2n) is 2.94. The van der Waals surface area contributed by atoms with Gasteiger partial charge in [-0.15, -0.1) is 10.2 Å². The summed E-state index contributed by atoms with van der Waals surface area (Å²) in [6.45, 7) is 2.30. The molecule has 0 aliphatic rings. The number of aromatic amines is 1. The zero-order valence-corrected chi connectivity index (χ0v) is 9.01. The van der Waals surface area contributed by atoms with Crippen molar-refractivity contribution in [1.82, 2.24) is 25.6 Å². The van der Waals surface area contributed by atoms with Gasteiger partial charge in [0.1, 0.15) is 6.26 Å². The molecule has 0 spiro atoms. The van der Waals surface area contributed by atoms with E-state index in [0.717, 1.165) is 0 Å². The van der Waals surface area contributed by atoms with Crippen LogP contribution in [0.5, 0.6) is 0 Å². The Morgan fingerprint density at radius 3 is 3.24 bits per heavy atom. The fraction of sp³-hybridized carbons (Fsp3) is 0.375. The largest absolute Gasteiger partial charge is 0.461 e. The summed E-state index contributed by atoms with van der Waals surface area (Å²) in [6, 6.07) is 0.192. The predicted molar refractivity (Wildman–Crippen MR) is 54.0 cm³/mol. The number of H-pyrrole nitrogens is 1. The van der Waals surface area contributed by atoms with E-state index in [9.17, 15) is 4.79 Å². The van der Waals surface area contributed by atoms with Crippen LogP contribution in [0.15, 0.2) is 10.7 Å². The minimum Gasteiger partial charge on any atom is -0.461 e. The second kappa shape index (κ2) is 5.05. The zero-order chi connectivity index (χ0) is 12.1. The Bertz CT molecular complexity index is 479. The minimum atomic E-state index is -0.524. The maximum Gasteiger partial charge on any atom is 0.360 e. The number of nitrogens with zero attached hydrogens (tertiary/aromatic N) is 4. The first-order chi connectivity index (χ1) is 8.29. The van der Waals surface area contributed by atoms with Gasteiger partial charge in [-0.3, -0.25) is 0 Å². The van der Waals surface area contributed by atoms with Gasteiger partial charge < -0.3 is 14.5 Å². The highest BCUT2D eigenvalue weighted by Gasteiger charge is 2.13. The molecule has 0 unspecified atom stereocenters. The van der Waals surface area contributed by atoms with E-state index < -0.39 is 5.97 Å². The zero-order valence-electron chi connectivity index (χ0n) is 9.01. The lowest BCUT2D eigenvalue weighted by Gasteiger charge is -1.96. The van der Waals surface area contributed by atoms with Gasteiger partial charge in [-0.2, -0.15) is 10.2 Å². The Labute approximate surface area is 95.6 Å². The van der Waals surface area contributed by atoms with Gasteiger partial charge in [-0.05, 0) is 6.92 Å². The van der Waals surface area contributed by atoms with Gasteiger partial charge in [-0.25, -0.2) is 4.79 Å². The van der Waals surface area contributed by atoms with Crippen molar-refractivity contribution in [2.75, 3.05) is 11.9 Å². The van der Waals surface area contributed by atoms with E-state index >= 15 is 0 Å². The van der Waals surface area contributed by atoms with E-state index in [2.05, 4.69) is 30.9 Å². The standard InChI is InChI=1S/C8H10N6O3/c1-2-16-7(15)5-4-17-8(10-5)9-3-6-11-13-14-12-6/h4H,2-3H2,1H3,(H,9,10)(H,11,12,13,14). The SMILES string of the molecule is CCOC(=O)c1coc(NCc2nn[nH]n2)n1. The molecule has 0 atom stereocenters. The van der Waals surface area contributed by atoms with E-state index in [-0.39, 0.29) is 18.3 Å². The Hall–Kier alpha value is -2.45. The summed E-state index contributed by atoms with van der Waals surface area (Å²) in [7, 11) is 0. The smallest absolute Gasteiger partial charge is 0.360 e. The highest BCUT2D eigenvalue weighted by atomic mass is 16.5. The molecule has 2 aromatic rings. The first-order valence-corrected chi connectivity index (χ1v) is 4.88. The third-order valence-corrected chi connectivity index (χ3v) is 1.78. The number of carbonyl (C=O) groups is 1. The molecule has 0 radical (unpaired) electrons. The Kier molecular flexibility index (Phi) is 3.28. The van der Waals surface area contributed by atoms with E-state index in [1.165, 1.54) is 6.26 Å². The first kappa shape index (κ1) is 11.0. The van der Waals surface area contributed by atoms with Crippen molar-refractivity contribution in [3.8, 4) is 0 Å². The van der Waals surface area contributed by atoms with Crippen LogP contribution in [0.1, 0.15) is 23.2 Å². The number of ether oxygens (including phenoxy) is 1. The van der Waals surface area contributed by atoms with Crippen LogP contribution in [-0.4, -0.2) is 38.2 Å². The van der Waals surface area contributed by atoms with Crippen molar-refractivity contribution >= 4 is 12.0 Å². The molecule has 0 bridgehead atoms. The molecule has 0 saturated carbocycles. The highest BCUT2D eigenvalue weighted by Crippen LogP contribution is 2.09. The maximum atomic E-state index is 11.3. The molecule has 2 rings (SSSR count). The number of tetrazole rings is 1. The van der Waals surface area contributed by atoms with Crippen molar-refractivity contribution < 1.29 is 13.9 Å². The molecule has 2 N–H and O–H groups in total. The van der Waals surface area contributed by atoms with Gasteiger partial charge in [0.05, 0.1) is 13.2 Å². The van der Waals surface area contributed by atoms with Crippen LogP contribution in [0.3, 0.4) is 0 Å². The minimum absolute atomic E-state index is 0.113. The van der Waals surface area contributed by atoms with Gasteiger partial charge in [-0.1, -0.05) is 5.21 Å². The van der Waals surface area contributed by atoms with Gasteiger partial charge >= 0.3 is 5.97 Å². The van der Waals surface area contributed by atoms with Crippen molar-refractivity contribution in [3.05, 3.63) is 17.8 Å². The Balaban J connectivity index is 1.92. The molecule has 2 aromatic heterocycles. The topological polar surface area (TPSA) is 119 Å². The fourth-order valence-corrected chi connectivity index (χ4v) is 1.07. The molecular formula is C8H10N6O3. The van der Waals surface area contributed by atoms with Crippen LogP contribution in [0.4, 0.5) is 6.01 Å². The number of nitrogens with one attached hydrogen (secondary N) is 2. The molecule has 0 saturated heterocycles. The number of hydrogen-bond acceptors (Lipinski definition) is 8. The Morgan fingerprint density at radius 1 is 1.65 bits per heavy atom. The van der Waals surface area contributed by atoms with Crippen LogP contribution in [-0.2, 0) is 11.3 Å². The van der Waals surface area contributed by atoms with Crippen molar-refractivity contribution in [2.45, 2.75) is 13.5 Å². The van der Waals surface area contributed by atoms with Gasteiger partial charge in [0, 0.05) is 0 Å². The van der Waals surface area contributed by atoms with Crippen LogP contribution >= 0.6 is 0 Å². The maximum absolute atomic E-state index is 11.3. The number of aromatic nitrogens is 5. The number of esters is 1. The lowest BCUT2D eigenvalue weighted by molar-refractivity contribution is 0.0519. The molecular weight excluding hydrogens is 228 g/mol. The van der Waals surface area contributed by atoms with Crippen LogP contribution in [0, 0.1) is 0 Å². The number of rotatable bonds is 5. The van der Waals surface area contributed by atoms with Crippen LogP contribution in [0.25, 0.3) is 0 Å². The predicted octanol–water partition coefficient (Wildman–Crippen LogP) is -0.0235. The second-order valence-corrected chi connectivity index (χ2v) is 2.94. The average molecular weight is 238 g/mol. The molecule has 17 heavy (non-hydrogen) atoms. The molecule has 0 fully saturated rings. The molecule has 9 nitrogen and oxygen atoms in total. The first-order valence-electron chi connectivity index (χ1n) is 4.88. The molecule has 0 aliphatic carbocycles. The molecule has 0 aliphatic heterocycles. The molecule has 90 valence electrons. The summed E-state index contributed by atoms with van der Waals surface area (Å²) in [5, 5.41) is 16.0. The van der Waals surface area contributed by atoms with Crippen molar-refractivity contribution in [1.29, 1.82) is 0 Å². The third-order valence-electron chi connectivity index (χ3n) is 1.78. The van der Waals surface area contributed by atoms with Crippen molar-refractivity contribution in [3.63, 3.8) is 0 Å². The highest BCUT2D eigenvalue weighted by molar-refractivity contribution is 5.87. The number of oxazole rings is 1. The quantitative estimate of drug-likeness (QED) is 0.697. The van der Waals surface area contributed by atoms with E-state index in [1.807, 2.05) is 0 Å². The summed E-state index contributed by atoms with van der Waals surface area (Å²) in [6.07, 6.45) is 1.22. The average Bonchev–Trinajstić information content (AvgIpc) is 2.98. The summed E-state index contributed by atoms with van der Waals surface area (Å²) in [5.74, 6) is -0.0651. The van der Waals surface area contributed by atoms with Gasteiger partial charge in [0.2, 0.25) is 0 Å². The van der Waals surface area contributed by atoms with Gasteiger partial charge in [0.15, 0.2) is 11.5 Å². The molecule has 0 aromatic carbocycles. The summed E-state index contributed by atoms with van der Waals surface area (Å²) in [4.78, 5) is 15.2. The summed E-state index contributed by atoms with van der Waals surface area (Å²) in [5.41, 5.74) is 0.113. The van der Waals surface area contributed by atoms with Crippen LogP contribution in [0.2, 0.25) is 0 Å². The van der Waals surface area contributed by atoms with Gasteiger partial charge in [0.25, 0.3) is 6.01 Å².